The maximum absolute atomic E-state index is 12.9. The number of halogens is 1. The number of carbonyl (C=O) groups excluding carboxylic acids is 2. The molecule has 0 bridgehead atoms. The van der Waals surface area contributed by atoms with Crippen LogP contribution in [0.15, 0.2) is 41.6 Å². The van der Waals surface area contributed by atoms with E-state index >= 15 is 0 Å². The maximum atomic E-state index is 12.9. The molecule has 1 aromatic heterocycles. The number of carbonyl (C=O) groups is 2. The van der Waals surface area contributed by atoms with Crippen LogP contribution in [0.1, 0.15) is 17.3 Å². The number of anilines is 1. The molecule has 35 heavy (non-hydrogen) atoms. The van der Waals surface area contributed by atoms with E-state index in [0.29, 0.717) is 47.9 Å². The summed E-state index contributed by atoms with van der Waals surface area (Å²) in [7, 11) is 0. The molecule has 1 unspecified atom stereocenters. The van der Waals surface area contributed by atoms with Gasteiger partial charge in [0, 0.05) is 63.5 Å². The van der Waals surface area contributed by atoms with Crippen LogP contribution in [0, 0.1) is 0 Å². The number of hydrogen-bond donors (Lipinski definition) is 1. The number of nitrogens with one attached hydrogen (secondary N) is 1. The third-order valence-electron chi connectivity index (χ3n) is 6.08. The number of ether oxygens (including phenoxy) is 1. The largest absolute Gasteiger partial charge is 0.379 e. The molecule has 188 valence electrons. The van der Waals surface area contributed by atoms with E-state index in [4.69, 9.17) is 16.3 Å². The van der Waals surface area contributed by atoms with Crippen molar-refractivity contribution in [1.29, 1.82) is 0 Å². The van der Waals surface area contributed by atoms with Crippen LogP contribution in [0.2, 0.25) is 5.15 Å². The highest BCUT2D eigenvalue weighted by Crippen LogP contribution is 2.24. The number of aromatic nitrogens is 2. The normalized spacial score (nSPS) is 19.0. The average Bonchev–Trinajstić information content (AvgIpc) is 2.88. The van der Waals surface area contributed by atoms with E-state index in [1.165, 1.54) is 11.8 Å². The molecule has 2 aromatic rings. The van der Waals surface area contributed by atoms with Gasteiger partial charge in [-0.15, -0.1) is 0 Å². The van der Waals surface area contributed by atoms with Gasteiger partial charge in [-0.1, -0.05) is 41.6 Å². The number of rotatable bonds is 8. The Labute approximate surface area is 215 Å². The van der Waals surface area contributed by atoms with Gasteiger partial charge in [-0.3, -0.25) is 14.5 Å². The molecule has 0 aliphatic carbocycles. The average molecular weight is 519 g/mol. The molecule has 4 rings (SSSR count). The number of hydrogen-bond acceptors (Lipinski definition) is 8. The minimum atomic E-state index is -0.0601. The fourth-order valence-corrected chi connectivity index (χ4v) is 5.10. The summed E-state index contributed by atoms with van der Waals surface area (Å²) in [5.74, 6) is 0.904. The zero-order valence-electron chi connectivity index (χ0n) is 19.9. The van der Waals surface area contributed by atoms with Crippen molar-refractivity contribution in [1.82, 2.24) is 25.1 Å². The first-order valence-electron chi connectivity index (χ1n) is 11.8. The predicted molar refractivity (Wildman–Crippen MR) is 137 cm³/mol. The van der Waals surface area contributed by atoms with Gasteiger partial charge < -0.3 is 19.9 Å². The Hall–Kier alpha value is -2.40. The van der Waals surface area contributed by atoms with E-state index in [0.717, 1.165) is 32.8 Å². The van der Waals surface area contributed by atoms with Gasteiger partial charge in [0.25, 0.3) is 5.91 Å². The molecule has 2 fully saturated rings. The first kappa shape index (κ1) is 25.7. The Morgan fingerprint density at radius 1 is 1.14 bits per heavy atom. The van der Waals surface area contributed by atoms with E-state index < -0.39 is 0 Å². The molecule has 0 radical (unpaired) electrons. The van der Waals surface area contributed by atoms with Crippen molar-refractivity contribution in [3.63, 3.8) is 0 Å². The standard InChI is InChI=1S/C24H31ClN6O3S/c1-18-16-30(9-10-31(18)23(33)19-5-3-2-4-6-19)21-15-20(25)27-24(28-21)35-17-22(32)26-7-8-29-11-13-34-14-12-29/h2-6,15,18H,7-14,16-17H2,1H3,(H,26,32). The van der Waals surface area contributed by atoms with Crippen LogP contribution >= 0.6 is 23.4 Å². The highest BCUT2D eigenvalue weighted by molar-refractivity contribution is 7.99. The Bertz CT molecular complexity index is 1010. The van der Waals surface area contributed by atoms with Crippen molar-refractivity contribution in [2.75, 3.05) is 69.7 Å². The molecule has 9 nitrogen and oxygen atoms in total. The van der Waals surface area contributed by atoms with Crippen LogP contribution in [0.4, 0.5) is 5.82 Å². The number of amides is 2. The Balaban J connectivity index is 1.28. The number of morpholine rings is 1. The summed E-state index contributed by atoms with van der Waals surface area (Å²) < 4.78 is 5.34. The fourth-order valence-electron chi connectivity index (χ4n) is 4.19. The second-order valence-electron chi connectivity index (χ2n) is 8.58. The predicted octanol–water partition coefficient (Wildman–Crippen LogP) is 2.02. The minimum absolute atomic E-state index is 0.0125. The maximum Gasteiger partial charge on any atom is 0.254 e. The van der Waals surface area contributed by atoms with Gasteiger partial charge in [-0.25, -0.2) is 9.97 Å². The van der Waals surface area contributed by atoms with Crippen molar-refractivity contribution in [2.24, 2.45) is 0 Å². The van der Waals surface area contributed by atoms with E-state index in [1.54, 1.807) is 6.07 Å². The molecule has 2 saturated heterocycles. The fraction of sp³-hybridized carbons (Fsp3) is 0.500. The van der Waals surface area contributed by atoms with Crippen molar-refractivity contribution >= 4 is 41.0 Å². The summed E-state index contributed by atoms with van der Waals surface area (Å²) in [5, 5.41) is 3.75. The summed E-state index contributed by atoms with van der Waals surface area (Å²) in [4.78, 5) is 40.4. The molecule has 0 saturated carbocycles. The van der Waals surface area contributed by atoms with Crippen LogP contribution in [-0.2, 0) is 9.53 Å². The highest BCUT2D eigenvalue weighted by Gasteiger charge is 2.29. The summed E-state index contributed by atoms with van der Waals surface area (Å²) in [6.07, 6.45) is 0. The SMILES string of the molecule is CC1CN(c2cc(Cl)nc(SCC(=O)NCCN3CCOCC3)n2)CCN1C(=O)c1ccccc1. The van der Waals surface area contributed by atoms with E-state index in [-0.39, 0.29) is 23.6 Å². The summed E-state index contributed by atoms with van der Waals surface area (Å²) >= 11 is 7.54. The molecule has 2 aliphatic heterocycles. The van der Waals surface area contributed by atoms with Crippen molar-refractivity contribution < 1.29 is 14.3 Å². The first-order valence-corrected chi connectivity index (χ1v) is 13.2. The first-order chi connectivity index (χ1) is 17.0. The van der Waals surface area contributed by atoms with Gasteiger partial charge in [0.1, 0.15) is 11.0 Å². The molecule has 2 amide bonds. The lowest BCUT2D eigenvalue weighted by Gasteiger charge is -2.40. The minimum Gasteiger partial charge on any atom is -0.379 e. The van der Waals surface area contributed by atoms with Gasteiger partial charge in [-0.2, -0.15) is 0 Å². The monoisotopic (exact) mass is 518 g/mol. The van der Waals surface area contributed by atoms with Crippen LogP contribution < -0.4 is 10.2 Å². The van der Waals surface area contributed by atoms with Crippen LogP contribution in [0.25, 0.3) is 0 Å². The van der Waals surface area contributed by atoms with Crippen molar-refractivity contribution in [2.45, 2.75) is 18.1 Å². The topological polar surface area (TPSA) is 90.9 Å². The van der Waals surface area contributed by atoms with Crippen molar-refractivity contribution in [3.05, 3.63) is 47.1 Å². The van der Waals surface area contributed by atoms with Crippen LogP contribution in [0.3, 0.4) is 0 Å². The Morgan fingerprint density at radius 2 is 1.91 bits per heavy atom. The Morgan fingerprint density at radius 3 is 2.66 bits per heavy atom. The van der Waals surface area contributed by atoms with Crippen LogP contribution in [-0.4, -0.2) is 102 Å². The zero-order valence-corrected chi connectivity index (χ0v) is 21.4. The van der Waals surface area contributed by atoms with Gasteiger partial charge >= 0.3 is 0 Å². The molecular weight excluding hydrogens is 488 g/mol. The second-order valence-corrected chi connectivity index (χ2v) is 9.91. The van der Waals surface area contributed by atoms with E-state index in [9.17, 15) is 9.59 Å². The van der Waals surface area contributed by atoms with E-state index in [1.807, 2.05) is 42.2 Å². The number of nitrogens with zero attached hydrogens (tertiary/aromatic N) is 5. The lowest BCUT2D eigenvalue weighted by molar-refractivity contribution is -0.118. The number of thioether (sulfide) groups is 1. The molecule has 1 aromatic carbocycles. The highest BCUT2D eigenvalue weighted by atomic mass is 35.5. The lowest BCUT2D eigenvalue weighted by Crippen LogP contribution is -2.54. The van der Waals surface area contributed by atoms with Crippen molar-refractivity contribution in [3.8, 4) is 0 Å². The van der Waals surface area contributed by atoms with Crippen LogP contribution in [0.5, 0.6) is 0 Å². The van der Waals surface area contributed by atoms with Gasteiger partial charge in [0.2, 0.25) is 5.91 Å². The quantitative estimate of drug-likeness (QED) is 0.322. The molecule has 11 heteroatoms. The third-order valence-corrected chi connectivity index (χ3v) is 7.12. The number of benzene rings is 1. The second kappa shape index (κ2) is 12.5. The summed E-state index contributed by atoms with van der Waals surface area (Å²) in [6, 6.07) is 11.1. The summed E-state index contributed by atoms with van der Waals surface area (Å²) in [6.45, 7) is 8.61. The third kappa shape index (κ3) is 7.30. The molecule has 0 spiro atoms. The molecule has 1 atom stereocenters. The van der Waals surface area contributed by atoms with E-state index in [2.05, 4.69) is 25.1 Å². The Kier molecular flexibility index (Phi) is 9.19. The molecule has 2 aliphatic rings. The summed E-state index contributed by atoms with van der Waals surface area (Å²) in [5.41, 5.74) is 0.694. The van der Waals surface area contributed by atoms with Gasteiger partial charge in [-0.05, 0) is 19.1 Å². The molecule has 3 heterocycles. The lowest BCUT2D eigenvalue weighted by atomic mass is 10.1. The van der Waals surface area contributed by atoms with Gasteiger partial charge in [0.05, 0.1) is 19.0 Å². The zero-order chi connectivity index (χ0) is 24.6. The number of piperazine rings is 1. The molecule has 1 N–H and O–H groups in total. The molecular formula is C24H31ClN6O3S. The smallest absolute Gasteiger partial charge is 0.254 e. The van der Waals surface area contributed by atoms with Gasteiger partial charge in [0.15, 0.2) is 5.16 Å².